The first-order valence-electron chi connectivity index (χ1n) is 6.67. The van der Waals surface area contributed by atoms with Gasteiger partial charge < -0.3 is 13.9 Å². The Balaban J connectivity index is 2.12. The van der Waals surface area contributed by atoms with Gasteiger partial charge in [-0.15, -0.1) is 0 Å². The van der Waals surface area contributed by atoms with Crippen LogP contribution in [0, 0.1) is 13.8 Å². The average Bonchev–Trinajstić information content (AvgIpc) is 2.85. The highest BCUT2D eigenvalue weighted by Gasteiger charge is 2.12. The number of nitrogens with zero attached hydrogens (tertiary/aromatic N) is 1. The smallest absolute Gasteiger partial charge is 0.274 e. The number of carbonyl (C=O) groups excluding carboxylic acids is 1. The molecule has 0 saturated carbocycles. The third-order valence-electron chi connectivity index (χ3n) is 3.09. The third kappa shape index (κ3) is 3.46. The molecule has 0 fully saturated rings. The molecule has 0 spiro atoms. The van der Waals surface area contributed by atoms with Crippen LogP contribution < -0.4 is 14.9 Å². The van der Waals surface area contributed by atoms with Crippen molar-refractivity contribution in [2.24, 2.45) is 5.10 Å². The van der Waals surface area contributed by atoms with Gasteiger partial charge in [0.15, 0.2) is 0 Å². The van der Waals surface area contributed by atoms with Crippen molar-refractivity contribution in [2.45, 2.75) is 13.8 Å². The number of carbonyl (C=O) groups is 1. The molecule has 0 radical (unpaired) electrons. The zero-order valence-electron chi connectivity index (χ0n) is 13.0. The number of hydrogen-bond acceptors (Lipinski definition) is 5. The zero-order chi connectivity index (χ0) is 16.1. The van der Waals surface area contributed by atoms with Crippen LogP contribution in [0.25, 0.3) is 0 Å². The van der Waals surface area contributed by atoms with Crippen LogP contribution in [0.1, 0.15) is 27.4 Å². The molecule has 116 valence electrons. The highest BCUT2D eigenvalue weighted by atomic mass is 16.5. The maximum atomic E-state index is 12.0. The van der Waals surface area contributed by atoms with Gasteiger partial charge in [-0.05, 0) is 38.1 Å². The molecule has 1 heterocycles. The Kier molecular flexibility index (Phi) is 4.83. The van der Waals surface area contributed by atoms with E-state index in [4.69, 9.17) is 13.9 Å². The number of furan rings is 1. The minimum Gasteiger partial charge on any atom is -0.497 e. The summed E-state index contributed by atoms with van der Waals surface area (Å²) in [6.07, 6.45) is 1.50. The van der Waals surface area contributed by atoms with E-state index in [2.05, 4.69) is 10.5 Å². The molecule has 1 amide bonds. The summed E-state index contributed by atoms with van der Waals surface area (Å²) in [7, 11) is 3.14. The standard InChI is InChI=1S/C16H18N2O4/c1-10-7-14(11(2)22-10)16(19)18-17-9-12-8-13(20-3)5-6-15(12)21-4/h5-9H,1-4H3,(H,18,19)/b17-9-. The number of rotatable bonds is 5. The molecule has 6 heteroatoms. The lowest BCUT2D eigenvalue weighted by atomic mass is 10.2. The average molecular weight is 302 g/mol. The van der Waals surface area contributed by atoms with Crippen LogP contribution in [0.5, 0.6) is 11.5 Å². The van der Waals surface area contributed by atoms with E-state index in [9.17, 15) is 4.79 Å². The van der Waals surface area contributed by atoms with Gasteiger partial charge in [-0.3, -0.25) is 4.79 Å². The predicted molar refractivity (Wildman–Crippen MR) is 82.8 cm³/mol. The van der Waals surface area contributed by atoms with Gasteiger partial charge in [0.1, 0.15) is 23.0 Å². The van der Waals surface area contributed by atoms with Crippen LogP contribution >= 0.6 is 0 Å². The molecule has 0 unspecified atom stereocenters. The van der Waals surface area contributed by atoms with Crippen LogP contribution in [-0.4, -0.2) is 26.3 Å². The fraction of sp³-hybridized carbons (Fsp3) is 0.250. The summed E-state index contributed by atoms with van der Waals surface area (Å²) in [5.74, 6) is 2.22. The third-order valence-corrected chi connectivity index (χ3v) is 3.09. The lowest BCUT2D eigenvalue weighted by Crippen LogP contribution is -2.17. The Morgan fingerprint density at radius 2 is 2.00 bits per heavy atom. The second-order valence-corrected chi connectivity index (χ2v) is 4.63. The Labute approximate surface area is 128 Å². The molecule has 2 rings (SSSR count). The van der Waals surface area contributed by atoms with Crippen molar-refractivity contribution < 1.29 is 18.7 Å². The lowest BCUT2D eigenvalue weighted by Gasteiger charge is -2.06. The molecule has 22 heavy (non-hydrogen) atoms. The van der Waals surface area contributed by atoms with Gasteiger partial charge in [0.05, 0.1) is 26.0 Å². The van der Waals surface area contributed by atoms with Crippen LogP contribution in [0.3, 0.4) is 0 Å². The van der Waals surface area contributed by atoms with Gasteiger partial charge in [0.25, 0.3) is 5.91 Å². The molecular weight excluding hydrogens is 284 g/mol. The van der Waals surface area contributed by atoms with Crippen molar-refractivity contribution in [1.82, 2.24) is 5.43 Å². The van der Waals surface area contributed by atoms with E-state index in [1.807, 2.05) is 0 Å². The summed E-state index contributed by atoms with van der Waals surface area (Å²) in [4.78, 5) is 12.0. The normalized spacial score (nSPS) is 10.7. The van der Waals surface area contributed by atoms with Crippen LogP contribution in [-0.2, 0) is 0 Å². The van der Waals surface area contributed by atoms with E-state index in [1.165, 1.54) is 6.21 Å². The molecule has 0 aliphatic rings. The molecule has 1 N–H and O–H groups in total. The van der Waals surface area contributed by atoms with Gasteiger partial charge in [0.2, 0.25) is 0 Å². The molecule has 0 saturated heterocycles. The molecule has 1 aromatic heterocycles. The SMILES string of the molecule is COc1ccc(OC)c(/C=N\NC(=O)c2cc(C)oc2C)c1. The van der Waals surface area contributed by atoms with Crippen molar-refractivity contribution in [3.05, 3.63) is 46.9 Å². The molecule has 0 aliphatic carbocycles. The largest absolute Gasteiger partial charge is 0.497 e. The quantitative estimate of drug-likeness (QED) is 0.681. The lowest BCUT2D eigenvalue weighted by molar-refractivity contribution is 0.0953. The highest BCUT2D eigenvalue weighted by Crippen LogP contribution is 2.22. The minimum atomic E-state index is -0.326. The van der Waals surface area contributed by atoms with E-state index < -0.39 is 0 Å². The summed E-state index contributed by atoms with van der Waals surface area (Å²) < 4.78 is 15.7. The van der Waals surface area contributed by atoms with Gasteiger partial charge >= 0.3 is 0 Å². The first-order valence-corrected chi connectivity index (χ1v) is 6.67. The molecule has 2 aromatic rings. The maximum absolute atomic E-state index is 12.0. The second kappa shape index (κ2) is 6.80. The van der Waals surface area contributed by atoms with Crippen LogP contribution in [0.15, 0.2) is 33.8 Å². The van der Waals surface area contributed by atoms with Crippen LogP contribution in [0.4, 0.5) is 0 Å². The van der Waals surface area contributed by atoms with E-state index in [-0.39, 0.29) is 5.91 Å². The second-order valence-electron chi connectivity index (χ2n) is 4.63. The van der Waals surface area contributed by atoms with Gasteiger partial charge in [-0.25, -0.2) is 5.43 Å². The summed E-state index contributed by atoms with van der Waals surface area (Å²) in [6, 6.07) is 6.99. The molecule has 0 atom stereocenters. The fourth-order valence-corrected chi connectivity index (χ4v) is 2.02. The first kappa shape index (κ1) is 15.6. The molecule has 1 aromatic carbocycles. The van der Waals surface area contributed by atoms with Crippen LogP contribution in [0.2, 0.25) is 0 Å². The van der Waals surface area contributed by atoms with E-state index in [0.717, 1.165) is 0 Å². The Morgan fingerprint density at radius 3 is 2.59 bits per heavy atom. The number of hydrazone groups is 1. The number of amides is 1. The molecule has 0 aliphatic heterocycles. The number of ether oxygens (including phenoxy) is 2. The van der Waals surface area contributed by atoms with E-state index >= 15 is 0 Å². The van der Waals surface area contributed by atoms with Crippen molar-refractivity contribution >= 4 is 12.1 Å². The molecular formula is C16H18N2O4. The Hall–Kier alpha value is -2.76. The number of hydrogen-bond donors (Lipinski definition) is 1. The van der Waals surface area contributed by atoms with Crippen molar-refractivity contribution in [1.29, 1.82) is 0 Å². The number of benzene rings is 1. The Morgan fingerprint density at radius 1 is 1.23 bits per heavy atom. The van der Waals surface area contributed by atoms with Gasteiger partial charge in [0, 0.05) is 5.56 Å². The fourth-order valence-electron chi connectivity index (χ4n) is 2.02. The first-order chi connectivity index (χ1) is 10.5. The minimum absolute atomic E-state index is 0.326. The summed E-state index contributed by atoms with van der Waals surface area (Å²) in [6.45, 7) is 3.52. The van der Waals surface area contributed by atoms with E-state index in [1.54, 1.807) is 52.3 Å². The molecule has 6 nitrogen and oxygen atoms in total. The van der Waals surface area contributed by atoms with Crippen molar-refractivity contribution in [3.63, 3.8) is 0 Å². The monoisotopic (exact) mass is 302 g/mol. The van der Waals surface area contributed by atoms with Crippen molar-refractivity contribution in [3.8, 4) is 11.5 Å². The summed E-state index contributed by atoms with van der Waals surface area (Å²) >= 11 is 0. The topological polar surface area (TPSA) is 73.1 Å². The van der Waals surface area contributed by atoms with Crippen molar-refractivity contribution in [2.75, 3.05) is 14.2 Å². The Bertz CT molecular complexity index is 704. The summed E-state index contributed by atoms with van der Waals surface area (Å²) in [5.41, 5.74) is 3.63. The molecule has 0 bridgehead atoms. The highest BCUT2D eigenvalue weighted by molar-refractivity contribution is 5.96. The number of nitrogens with one attached hydrogen (secondary N) is 1. The predicted octanol–water partition coefficient (Wildman–Crippen LogP) is 2.68. The number of methoxy groups -OCH3 is 2. The zero-order valence-corrected chi connectivity index (χ0v) is 13.0. The maximum Gasteiger partial charge on any atom is 0.274 e. The van der Waals surface area contributed by atoms with Gasteiger partial charge in [-0.2, -0.15) is 5.10 Å². The van der Waals surface area contributed by atoms with E-state index in [0.29, 0.717) is 34.1 Å². The number of aryl methyl sites for hydroxylation is 2. The summed E-state index contributed by atoms with van der Waals surface area (Å²) in [5, 5.41) is 3.95. The van der Waals surface area contributed by atoms with Gasteiger partial charge in [-0.1, -0.05) is 0 Å².